The first-order valence-corrected chi connectivity index (χ1v) is 5.60. The molecular formula is C11H20O3. The fraction of sp³-hybridized carbons (Fsp3) is 0.909. The Balaban J connectivity index is 2.43. The van der Waals surface area contributed by atoms with Gasteiger partial charge in [-0.15, -0.1) is 0 Å². The quantitative estimate of drug-likeness (QED) is 0.741. The predicted molar refractivity (Wildman–Crippen MR) is 54.2 cm³/mol. The van der Waals surface area contributed by atoms with E-state index < -0.39 is 12.1 Å². The molecule has 0 aliphatic heterocycles. The van der Waals surface area contributed by atoms with Crippen molar-refractivity contribution in [2.75, 3.05) is 6.61 Å². The molecule has 1 atom stereocenters. The largest absolute Gasteiger partial charge is 0.479 e. The Morgan fingerprint density at radius 3 is 2.57 bits per heavy atom. The monoisotopic (exact) mass is 200 g/mol. The van der Waals surface area contributed by atoms with Crippen LogP contribution < -0.4 is 0 Å². The molecule has 1 unspecified atom stereocenters. The van der Waals surface area contributed by atoms with Gasteiger partial charge < -0.3 is 9.84 Å². The Hall–Kier alpha value is -0.570. The minimum atomic E-state index is -0.787. The van der Waals surface area contributed by atoms with Crippen LogP contribution >= 0.6 is 0 Å². The zero-order valence-corrected chi connectivity index (χ0v) is 8.87. The molecule has 3 nitrogen and oxygen atoms in total. The number of rotatable bonds is 5. The number of carbonyl (C=O) groups is 1. The van der Waals surface area contributed by atoms with Gasteiger partial charge in [0, 0.05) is 6.61 Å². The number of hydrogen-bond donors (Lipinski definition) is 1. The highest BCUT2D eigenvalue weighted by molar-refractivity contribution is 5.72. The third-order valence-corrected chi connectivity index (χ3v) is 2.82. The average Bonchev–Trinajstić information content (AvgIpc) is 2.19. The van der Waals surface area contributed by atoms with Crippen molar-refractivity contribution in [2.45, 2.75) is 51.6 Å². The van der Waals surface area contributed by atoms with Gasteiger partial charge in [-0.2, -0.15) is 0 Å². The van der Waals surface area contributed by atoms with Crippen molar-refractivity contribution in [1.29, 1.82) is 0 Å². The lowest BCUT2D eigenvalue weighted by atomic mass is 9.85. The van der Waals surface area contributed by atoms with Crippen molar-refractivity contribution in [3.8, 4) is 0 Å². The number of aliphatic carboxylic acids is 1. The summed E-state index contributed by atoms with van der Waals surface area (Å²) in [6.45, 7) is 2.56. The van der Waals surface area contributed by atoms with E-state index in [1.807, 2.05) is 6.92 Å². The fourth-order valence-corrected chi connectivity index (χ4v) is 2.09. The van der Waals surface area contributed by atoms with Crippen molar-refractivity contribution in [2.24, 2.45) is 5.92 Å². The molecule has 1 aliphatic rings. The minimum Gasteiger partial charge on any atom is -0.479 e. The van der Waals surface area contributed by atoms with Crippen molar-refractivity contribution < 1.29 is 14.6 Å². The van der Waals surface area contributed by atoms with Crippen LogP contribution in [0, 0.1) is 5.92 Å². The molecule has 0 spiro atoms. The van der Waals surface area contributed by atoms with E-state index in [0.29, 0.717) is 6.61 Å². The molecular weight excluding hydrogens is 180 g/mol. The molecule has 1 rings (SSSR count). The molecule has 0 aromatic carbocycles. The lowest BCUT2D eigenvalue weighted by Gasteiger charge is -2.27. The maximum atomic E-state index is 11.0. The lowest BCUT2D eigenvalue weighted by molar-refractivity contribution is -0.155. The maximum Gasteiger partial charge on any atom is 0.333 e. The first kappa shape index (κ1) is 11.5. The Morgan fingerprint density at radius 2 is 2.07 bits per heavy atom. The van der Waals surface area contributed by atoms with Crippen LogP contribution in [0.15, 0.2) is 0 Å². The van der Waals surface area contributed by atoms with Gasteiger partial charge in [-0.1, -0.05) is 26.2 Å². The first-order valence-electron chi connectivity index (χ1n) is 5.60. The molecule has 0 aromatic rings. The molecule has 1 fully saturated rings. The van der Waals surface area contributed by atoms with Crippen LogP contribution in [0.2, 0.25) is 0 Å². The van der Waals surface area contributed by atoms with Crippen LogP contribution in [-0.4, -0.2) is 23.8 Å². The van der Waals surface area contributed by atoms with Gasteiger partial charge in [-0.3, -0.25) is 0 Å². The van der Waals surface area contributed by atoms with Gasteiger partial charge in [0.2, 0.25) is 0 Å². The van der Waals surface area contributed by atoms with Crippen molar-refractivity contribution >= 4 is 5.97 Å². The van der Waals surface area contributed by atoms with Gasteiger partial charge in [0.25, 0.3) is 0 Å². The number of carboxylic acid groups (broad SMARTS) is 1. The zero-order chi connectivity index (χ0) is 10.4. The SMILES string of the molecule is CCCOC(C(=O)O)C1CCCCC1. The summed E-state index contributed by atoms with van der Waals surface area (Å²) in [5.41, 5.74) is 0. The normalized spacial score (nSPS) is 20.6. The Kier molecular flexibility index (Phi) is 4.94. The van der Waals surface area contributed by atoms with Gasteiger partial charge >= 0.3 is 5.97 Å². The van der Waals surface area contributed by atoms with Crippen LogP contribution in [0.25, 0.3) is 0 Å². The van der Waals surface area contributed by atoms with Gasteiger partial charge in [0.05, 0.1) is 0 Å². The summed E-state index contributed by atoms with van der Waals surface area (Å²) in [7, 11) is 0. The Bertz CT molecular complexity index is 173. The van der Waals surface area contributed by atoms with E-state index in [-0.39, 0.29) is 5.92 Å². The summed E-state index contributed by atoms with van der Waals surface area (Å²) >= 11 is 0. The third-order valence-electron chi connectivity index (χ3n) is 2.82. The van der Waals surface area contributed by atoms with Gasteiger partial charge in [-0.05, 0) is 25.2 Å². The van der Waals surface area contributed by atoms with E-state index in [2.05, 4.69) is 0 Å². The Morgan fingerprint density at radius 1 is 1.43 bits per heavy atom. The molecule has 0 aromatic heterocycles. The molecule has 0 saturated heterocycles. The summed E-state index contributed by atoms with van der Waals surface area (Å²) in [6.07, 6.45) is 5.91. The topological polar surface area (TPSA) is 46.5 Å². The van der Waals surface area contributed by atoms with Crippen LogP contribution in [0.3, 0.4) is 0 Å². The average molecular weight is 200 g/mol. The van der Waals surface area contributed by atoms with Crippen molar-refractivity contribution in [3.63, 3.8) is 0 Å². The summed E-state index contributed by atoms with van der Waals surface area (Å²) in [4.78, 5) is 11.0. The smallest absolute Gasteiger partial charge is 0.333 e. The molecule has 0 radical (unpaired) electrons. The van der Waals surface area contributed by atoms with Gasteiger partial charge in [0.1, 0.15) is 0 Å². The molecule has 0 heterocycles. The van der Waals surface area contributed by atoms with Crippen LogP contribution in [0.4, 0.5) is 0 Å². The Labute approximate surface area is 85.5 Å². The molecule has 0 amide bonds. The van der Waals surface area contributed by atoms with Crippen LogP contribution in [0.5, 0.6) is 0 Å². The summed E-state index contributed by atoms with van der Waals surface area (Å²) < 4.78 is 5.39. The predicted octanol–water partition coefficient (Wildman–Crippen LogP) is 2.45. The van der Waals surface area contributed by atoms with E-state index in [1.54, 1.807) is 0 Å². The molecule has 1 N–H and O–H groups in total. The number of hydrogen-bond acceptors (Lipinski definition) is 2. The highest BCUT2D eigenvalue weighted by atomic mass is 16.5. The van der Waals surface area contributed by atoms with E-state index in [1.165, 1.54) is 6.42 Å². The zero-order valence-electron chi connectivity index (χ0n) is 8.87. The fourth-order valence-electron chi connectivity index (χ4n) is 2.09. The van der Waals surface area contributed by atoms with Crippen LogP contribution in [0.1, 0.15) is 45.4 Å². The van der Waals surface area contributed by atoms with Crippen LogP contribution in [-0.2, 0) is 9.53 Å². The lowest BCUT2D eigenvalue weighted by Crippen LogP contribution is -2.34. The second-order valence-corrected chi connectivity index (χ2v) is 4.03. The molecule has 1 saturated carbocycles. The van der Waals surface area contributed by atoms with Gasteiger partial charge in [-0.25, -0.2) is 4.79 Å². The standard InChI is InChI=1S/C11H20O3/c1-2-8-14-10(11(12)13)9-6-4-3-5-7-9/h9-10H,2-8H2,1H3,(H,12,13). The van der Waals surface area contributed by atoms with E-state index in [9.17, 15) is 4.79 Å². The van der Waals surface area contributed by atoms with Gasteiger partial charge in [0.15, 0.2) is 6.10 Å². The highest BCUT2D eigenvalue weighted by Crippen LogP contribution is 2.28. The summed E-state index contributed by atoms with van der Waals surface area (Å²) in [5.74, 6) is -0.543. The molecule has 0 bridgehead atoms. The molecule has 82 valence electrons. The second kappa shape index (κ2) is 6.02. The highest BCUT2D eigenvalue weighted by Gasteiger charge is 2.29. The van der Waals surface area contributed by atoms with Crippen molar-refractivity contribution in [1.82, 2.24) is 0 Å². The summed E-state index contributed by atoms with van der Waals surface area (Å²) in [5, 5.41) is 9.03. The summed E-state index contributed by atoms with van der Waals surface area (Å²) in [6, 6.07) is 0. The first-order chi connectivity index (χ1) is 6.75. The van der Waals surface area contributed by atoms with Crippen molar-refractivity contribution in [3.05, 3.63) is 0 Å². The molecule has 1 aliphatic carbocycles. The number of ether oxygens (including phenoxy) is 1. The molecule has 14 heavy (non-hydrogen) atoms. The third kappa shape index (κ3) is 3.29. The maximum absolute atomic E-state index is 11.0. The second-order valence-electron chi connectivity index (χ2n) is 4.03. The van der Waals surface area contributed by atoms with E-state index in [4.69, 9.17) is 9.84 Å². The van der Waals surface area contributed by atoms with E-state index in [0.717, 1.165) is 32.1 Å². The minimum absolute atomic E-state index is 0.243. The molecule has 3 heteroatoms. The van der Waals surface area contributed by atoms with E-state index >= 15 is 0 Å². The number of carboxylic acids is 1.